The molecule has 6 aromatic rings. The number of rotatable bonds is 7. The van der Waals surface area contributed by atoms with E-state index >= 15 is 0 Å². The summed E-state index contributed by atoms with van der Waals surface area (Å²) in [5.74, 6) is 0.468. The third kappa shape index (κ3) is 6.16. The van der Waals surface area contributed by atoms with Crippen molar-refractivity contribution < 1.29 is 23.6 Å². The fraction of sp³-hybridized carbons (Fsp3) is 0.0833. The minimum Gasteiger partial charge on any atom is -0.444 e. The molecule has 43 heavy (non-hydrogen) atoms. The lowest BCUT2D eigenvalue weighted by Crippen LogP contribution is -2.36. The molecule has 0 aliphatic carbocycles. The molecule has 0 saturated heterocycles. The van der Waals surface area contributed by atoms with Crippen LogP contribution in [-0.4, -0.2) is 12.2 Å². The lowest BCUT2D eigenvalue weighted by atomic mass is 9.98. The molecule has 1 heterocycles. The van der Waals surface area contributed by atoms with Crippen LogP contribution in [0.15, 0.2) is 127 Å². The normalized spacial score (nSPS) is 10.8. The Morgan fingerprint density at radius 3 is 1.95 bits per heavy atom. The van der Waals surface area contributed by atoms with E-state index in [4.69, 9.17) is 9.47 Å². The standard InChI is InChI=1S/C36H29N3O4/c1-2-39-33-23-28(38-36(41)43-29-16-10-5-11-17-29)19-21-31(33)30-20-18-27(22-32(30)34(39)26-14-8-4-9-15-26)37-35(40)42-24-25-12-6-3-7-13-25/h3-23H,2,24H2,1H3,(H,37,40)/p+1. The van der Waals surface area contributed by atoms with E-state index in [0.717, 1.165) is 38.5 Å². The number of ether oxygens (including phenoxy) is 2. The smallest absolute Gasteiger partial charge is 0.417 e. The quantitative estimate of drug-likeness (QED) is 0.150. The molecule has 0 spiro atoms. The molecule has 0 aliphatic rings. The first-order valence-corrected chi connectivity index (χ1v) is 14.1. The Kier molecular flexibility index (Phi) is 7.95. The molecule has 0 fully saturated rings. The van der Waals surface area contributed by atoms with Crippen molar-refractivity contribution in [2.75, 3.05) is 10.6 Å². The first kappa shape index (κ1) is 27.5. The number of nitrogens with one attached hydrogen (secondary N) is 2. The first-order valence-electron chi connectivity index (χ1n) is 14.1. The number of fused-ring (bicyclic) bond motifs is 3. The molecule has 0 bridgehead atoms. The maximum Gasteiger partial charge on any atom is 0.417 e. The molecule has 1 aromatic heterocycles. The lowest BCUT2D eigenvalue weighted by Gasteiger charge is -2.14. The molecule has 0 aliphatic heterocycles. The average Bonchev–Trinajstić information content (AvgIpc) is 3.04. The van der Waals surface area contributed by atoms with Gasteiger partial charge < -0.3 is 9.47 Å². The van der Waals surface area contributed by atoms with Crippen LogP contribution in [0.25, 0.3) is 32.9 Å². The SMILES string of the molecule is CC[n+]1c(-c2ccccc2)c2cc(NC(=O)OCc3ccccc3)ccc2c2ccc(NC(=O)Oc3ccccc3)cc21. The molecule has 0 radical (unpaired) electrons. The van der Waals surface area contributed by atoms with E-state index in [1.165, 1.54) is 0 Å². The van der Waals surface area contributed by atoms with E-state index in [9.17, 15) is 9.59 Å². The van der Waals surface area contributed by atoms with Crippen molar-refractivity contribution in [2.45, 2.75) is 20.1 Å². The number of carbonyl (C=O) groups is 2. The highest BCUT2D eigenvalue weighted by Crippen LogP contribution is 2.34. The fourth-order valence-corrected chi connectivity index (χ4v) is 5.23. The summed E-state index contributed by atoms with van der Waals surface area (Å²) >= 11 is 0. The van der Waals surface area contributed by atoms with Gasteiger partial charge in [-0.05, 0) is 61.0 Å². The maximum atomic E-state index is 12.7. The average molecular weight is 569 g/mol. The van der Waals surface area contributed by atoms with Gasteiger partial charge in [0.05, 0.1) is 16.5 Å². The zero-order chi connectivity index (χ0) is 29.6. The fourth-order valence-electron chi connectivity index (χ4n) is 5.23. The number of benzene rings is 5. The second-order valence-electron chi connectivity index (χ2n) is 9.97. The molecule has 2 amide bonds. The van der Waals surface area contributed by atoms with Gasteiger partial charge in [0.2, 0.25) is 11.2 Å². The van der Waals surface area contributed by atoms with Crippen molar-refractivity contribution >= 4 is 45.2 Å². The molecule has 6 rings (SSSR count). The van der Waals surface area contributed by atoms with Crippen molar-refractivity contribution in [2.24, 2.45) is 0 Å². The van der Waals surface area contributed by atoms with Crippen LogP contribution in [0.1, 0.15) is 12.5 Å². The third-order valence-corrected chi connectivity index (χ3v) is 7.15. The summed E-state index contributed by atoms with van der Waals surface area (Å²) in [6, 6.07) is 40.4. The Morgan fingerprint density at radius 2 is 1.26 bits per heavy atom. The minimum absolute atomic E-state index is 0.186. The summed E-state index contributed by atoms with van der Waals surface area (Å²) < 4.78 is 13.1. The number of carbonyl (C=O) groups excluding carboxylic acids is 2. The number of nitrogens with zero attached hydrogens (tertiary/aromatic N) is 1. The third-order valence-electron chi connectivity index (χ3n) is 7.15. The lowest BCUT2D eigenvalue weighted by molar-refractivity contribution is -0.655. The van der Waals surface area contributed by atoms with E-state index in [0.29, 0.717) is 23.7 Å². The molecule has 0 saturated carbocycles. The van der Waals surface area contributed by atoms with Gasteiger partial charge in [-0.3, -0.25) is 10.6 Å². The van der Waals surface area contributed by atoms with Gasteiger partial charge >= 0.3 is 12.2 Å². The highest BCUT2D eigenvalue weighted by Gasteiger charge is 2.23. The van der Waals surface area contributed by atoms with Crippen molar-refractivity contribution in [1.29, 1.82) is 0 Å². The number of pyridine rings is 1. The van der Waals surface area contributed by atoms with E-state index in [2.05, 4.69) is 34.3 Å². The number of aromatic nitrogens is 1. The van der Waals surface area contributed by atoms with Crippen molar-refractivity contribution in [3.05, 3.63) is 133 Å². The van der Waals surface area contributed by atoms with E-state index in [-0.39, 0.29) is 6.61 Å². The van der Waals surface area contributed by atoms with Crippen LogP contribution >= 0.6 is 0 Å². The monoisotopic (exact) mass is 568 g/mol. The molecular formula is C36H30N3O4+. The predicted molar refractivity (Wildman–Crippen MR) is 169 cm³/mol. The maximum absolute atomic E-state index is 12.7. The molecule has 0 unspecified atom stereocenters. The van der Waals surface area contributed by atoms with E-state index in [1.54, 1.807) is 12.1 Å². The molecular weight excluding hydrogens is 538 g/mol. The number of anilines is 2. The molecule has 5 aromatic carbocycles. The topological polar surface area (TPSA) is 80.5 Å². The number of aryl methyl sites for hydroxylation is 1. The predicted octanol–water partition coefficient (Wildman–Crippen LogP) is 8.33. The van der Waals surface area contributed by atoms with Gasteiger partial charge in [0.25, 0.3) is 0 Å². The Morgan fingerprint density at radius 1 is 0.651 bits per heavy atom. The number of hydrogen-bond donors (Lipinski definition) is 2. The molecule has 212 valence electrons. The Balaban J connectivity index is 1.38. The van der Waals surface area contributed by atoms with Crippen LogP contribution in [0.3, 0.4) is 0 Å². The summed E-state index contributed by atoms with van der Waals surface area (Å²) in [6.07, 6.45) is -1.08. The number of para-hydroxylation sites is 1. The summed E-state index contributed by atoms with van der Waals surface area (Å²) in [4.78, 5) is 25.3. The summed E-state index contributed by atoms with van der Waals surface area (Å²) in [6.45, 7) is 2.95. The van der Waals surface area contributed by atoms with Crippen molar-refractivity contribution in [1.82, 2.24) is 0 Å². The van der Waals surface area contributed by atoms with Gasteiger partial charge in [-0.15, -0.1) is 0 Å². The van der Waals surface area contributed by atoms with Gasteiger partial charge in [-0.25, -0.2) is 9.59 Å². The van der Waals surface area contributed by atoms with Gasteiger partial charge in [0.1, 0.15) is 18.9 Å². The largest absolute Gasteiger partial charge is 0.444 e. The van der Waals surface area contributed by atoms with Crippen LogP contribution < -0.4 is 19.9 Å². The molecule has 2 N–H and O–H groups in total. The zero-order valence-electron chi connectivity index (χ0n) is 23.6. The van der Waals surface area contributed by atoms with Gasteiger partial charge in [0, 0.05) is 22.7 Å². The molecule has 7 nitrogen and oxygen atoms in total. The van der Waals surface area contributed by atoms with Crippen LogP contribution in [0.5, 0.6) is 5.75 Å². The summed E-state index contributed by atoms with van der Waals surface area (Å²) in [5, 5.41) is 8.75. The second kappa shape index (κ2) is 12.4. The van der Waals surface area contributed by atoms with E-state index in [1.807, 2.05) is 103 Å². The Labute approximate surface area is 249 Å². The number of hydrogen-bond acceptors (Lipinski definition) is 4. The van der Waals surface area contributed by atoms with Crippen LogP contribution in [0, 0.1) is 0 Å². The van der Waals surface area contributed by atoms with Gasteiger partial charge in [-0.1, -0.05) is 72.8 Å². The van der Waals surface area contributed by atoms with Gasteiger partial charge in [0.15, 0.2) is 0 Å². The van der Waals surface area contributed by atoms with Crippen LogP contribution in [0.4, 0.5) is 21.0 Å². The van der Waals surface area contributed by atoms with Crippen LogP contribution in [-0.2, 0) is 17.9 Å². The first-order chi connectivity index (χ1) is 21.1. The number of amides is 2. The van der Waals surface area contributed by atoms with Crippen molar-refractivity contribution in [3.63, 3.8) is 0 Å². The Bertz CT molecular complexity index is 1910. The molecule has 7 heteroatoms. The second-order valence-corrected chi connectivity index (χ2v) is 9.97. The highest BCUT2D eigenvalue weighted by molar-refractivity contribution is 6.11. The highest BCUT2D eigenvalue weighted by atomic mass is 16.6. The molecule has 0 atom stereocenters. The summed E-state index contributed by atoms with van der Waals surface area (Å²) in [5.41, 5.74) is 5.15. The minimum atomic E-state index is -0.562. The van der Waals surface area contributed by atoms with Crippen molar-refractivity contribution in [3.8, 4) is 17.0 Å². The van der Waals surface area contributed by atoms with Gasteiger partial charge in [-0.2, -0.15) is 4.57 Å². The zero-order valence-corrected chi connectivity index (χ0v) is 23.6. The van der Waals surface area contributed by atoms with E-state index < -0.39 is 12.2 Å². The Hall–Kier alpha value is -5.69. The summed E-state index contributed by atoms with van der Waals surface area (Å²) in [7, 11) is 0. The van der Waals surface area contributed by atoms with Crippen LogP contribution in [0.2, 0.25) is 0 Å².